The van der Waals surface area contributed by atoms with Gasteiger partial charge in [0.1, 0.15) is 5.82 Å². The van der Waals surface area contributed by atoms with Crippen molar-refractivity contribution in [3.8, 4) is 0 Å². The largest absolute Gasteiger partial charge is 0.366 e. The summed E-state index contributed by atoms with van der Waals surface area (Å²) >= 11 is 0. The maximum atomic E-state index is 11.5. The van der Waals surface area contributed by atoms with Gasteiger partial charge in [-0.15, -0.1) is 10.2 Å². The number of anilines is 2. The van der Waals surface area contributed by atoms with Gasteiger partial charge in [-0.05, 0) is 30.9 Å². The number of nitrogens with one attached hydrogen (secondary N) is 2. The maximum absolute atomic E-state index is 11.5. The number of hydrogen-bond acceptors (Lipinski definition) is 4. The van der Waals surface area contributed by atoms with Crippen LogP contribution in [-0.2, 0) is 4.79 Å². The van der Waals surface area contributed by atoms with Crippen molar-refractivity contribution in [2.45, 2.75) is 39.2 Å². The van der Waals surface area contributed by atoms with Crippen LogP contribution in [0.2, 0.25) is 0 Å². The van der Waals surface area contributed by atoms with E-state index in [4.69, 9.17) is 0 Å². The molecule has 2 N–H and O–H groups in total. The molecule has 0 atom stereocenters. The van der Waals surface area contributed by atoms with E-state index < -0.39 is 0 Å². The van der Waals surface area contributed by atoms with Gasteiger partial charge >= 0.3 is 0 Å². The summed E-state index contributed by atoms with van der Waals surface area (Å²) < 4.78 is 0. The molecule has 0 bridgehead atoms. The Kier molecular flexibility index (Phi) is 3.56. The van der Waals surface area contributed by atoms with Crippen molar-refractivity contribution >= 4 is 17.5 Å². The number of hydrogen-bond donors (Lipinski definition) is 2. The monoisotopic (exact) mass is 234 g/mol. The van der Waals surface area contributed by atoms with E-state index in [2.05, 4.69) is 20.8 Å². The molecule has 0 unspecified atom stereocenters. The third kappa shape index (κ3) is 4.01. The van der Waals surface area contributed by atoms with E-state index in [1.54, 1.807) is 6.07 Å². The van der Waals surface area contributed by atoms with Gasteiger partial charge in [0.25, 0.3) is 0 Å². The lowest BCUT2D eigenvalue weighted by atomic mass is 10.1. The highest BCUT2D eigenvalue weighted by Gasteiger charge is 2.21. The molecule has 0 saturated heterocycles. The minimum atomic E-state index is -0.0165. The standard InChI is InChI=1S/C12H18N4O/c1-8(2)7-12(17)14-11-6-5-10(15-16-11)13-9-3-4-9/h5-6,8-9H,3-4,7H2,1-2H3,(H,13,15)(H,14,16,17). The van der Waals surface area contributed by atoms with Crippen LogP contribution in [0.15, 0.2) is 12.1 Å². The summed E-state index contributed by atoms with van der Waals surface area (Å²) in [4.78, 5) is 11.5. The summed E-state index contributed by atoms with van der Waals surface area (Å²) in [6.07, 6.45) is 2.91. The molecular weight excluding hydrogens is 216 g/mol. The predicted molar refractivity (Wildman–Crippen MR) is 66.8 cm³/mol. The van der Waals surface area contributed by atoms with E-state index in [-0.39, 0.29) is 5.91 Å². The van der Waals surface area contributed by atoms with Crippen molar-refractivity contribution in [1.82, 2.24) is 10.2 Å². The molecule has 0 aromatic carbocycles. The fourth-order valence-electron chi connectivity index (χ4n) is 1.48. The van der Waals surface area contributed by atoms with Crippen LogP contribution in [0.3, 0.4) is 0 Å². The van der Waals surface area contributed by atoms with Crippen LogP contribution in [0.25, 0.3) is 0 Å². The third-order valence-corrected chi connectivity index (χ3v) is 2.46. The highest BCUT2D eigenvalue weighted by atomic mass is 16.1. The lowest BCUT2D eigenvalue weighted by Gasteiger charge is -2.07. The Morgan fingerprint density at radius 3 is 2.53 bits per heavy atom. The first-order chi connectivity index (χ1) is 8.13. The molecule has 17 heavy (non-hydrogen) atoms. The average Bonchev–Trinajstić information content (AvgIpc) is 3.03. The van der Waals surface area contributed by atoms with Crippen LogP contribution in [-0.4, -0.2) is 22.1 Å². The molecule has 1 saturated carbocycles. The summed E-state index contributed by atoms with van der Waals surface area (Å²) in [5, 5.41) is 13.9. The highest BCUT2D eigenvalue weighted by Crippen LogP contribution is 2.23. The molecule has 1 fully saturated rings. The molecule has 1 aromatic rings. The fourth-order valence-corrected chi connectivity index (χ4v) is 1.48. The number of carbonyl (C=O) groups is 1. The quantitative estimate of drug-likeness (QED) is 0.818. The summed E-state index contributed by atoms with van der Waals surface area (Å²) in [5.41, 5.74) is 0. The molecule has 5 heteroatoms. The zero-order valence-corrected chi connectivity index (χ0v) is 10.2. The summed E-state index contributed by atoms with van der Waals surface area (Å²) in [6.45, 7) is 4.02. The number of rotatable bonds is 5. The Morgan fingerprint density at radius 2 is 2.00 bits per heavy atom. The van der Waals surface area contributed by atoms with Gasteiger partial charge in [0.05, 0.1) is 0 Å². The van der Waals surface area contributed by atoms with Crippen LogP contribution in [0.1, 0.15) is 33.1 Å². The molecule has 1 heterocycles. The van der Waals surface area contributed by atoms with Crippen molar-refractivity contribution in [3.05, 3.63) is 12.1 Å². The van der Waals surface area contributed by atoms with E-state index in [1.165, 1.54) is 12.8 Å². The third-order valence-electron chi connectivity index (χ3n) is 2.46. The number of nitrogens with zero attached hydrogens (tertiary/aromatic N) is 2. The molecule has 1 amide bonds. The molecular formula is C12H18N4O. The SMILES string of the molecule is CC(C)CC(=O)Nc1ccc(NC2CC2)nn1. The first-order valence-electron chi connectivity index (χ1n) is 6.03. The minimum Gasteiger partial charge on any atom is -0.366 e. The van der Waals surface area contributed by atoms with Gasteiger partial charge in [-0.25, -0.2) is 0 Å². The Balaban J connectivity index is 1.86. The summed E-state index contributed by atoms with van der Waals surface area (Å²) in [5.74, 6) is 1.61. The van der Waals surface area contributed by atoms with Crippen molar-refractivity contribution in [2.75, 3.05) is 10.6 Å². The van der Waals surface area contributed by atoms with Crippen LogP contribution in [0.4, 0.5) is 11.6 Å². The van der Waals surface area contributed by atoms with Crippen LogP contribution in [0, 0.1) is 5.92 Å². The topological polar surface area (TPSA) is 66.9 Å². The summed E-state index contributed by atoms with van der Waals surface area (Å²) in [7, 11) is 0. The number of aromatic nitrogens is 2. The Morgan fingerprint density at radius 1 is 1.35 bits per heavy atom. The second kappa shape index (κ2) is 5.12. The second-order valence-electron chi connectivity index (χ2n) is 4.87. The molecule has 2 rings (SSSR count). The molecule has 1 aliphatic rings. The fraction of sp³-hybridized carbons (Fsp3) is 0.583. The second-order valence-corrected chi connectivity index (χ2v) is 4.87. The average molecular weight is 234 g/mol. The van der Waals surface area contributed by atoms with Crippen molar-refractivity contribution in [3.63, 3.8) is 0 Å². The Bertz CT molecular complexity index is 384. The zero-order chi connectivity index (χ0) is 12.3. The van der Waals surface area contributed by atoms with Crippen LogP contribution in [0.5, 0.6) is 0 Å². The molecule has 0 aliphatic heterocycles. The van der Waals surface area contributed by atoms with E-state index in [9.17, 15) is 4.79 Å². The normalized spacial score (nSPS) is 14.8. The van der Waals surface area contributed by atoms with E-state index in [0.29, 0.717) is 24.2 Å². The number of amides is 1. The molecule has 0 spiro atoms. The maximum Gasteiger partial charge on any atom is 0.225 e. The van der Waals surface area contributed by atoms with Gasteiger partial charge in [0.15, 0.2) is 5.82 Å². The lowest BCUT2D eigenvalue weighted by Crippen LogP contribution is -2.15. The van der Waals surface area contributed by atoms with Gasteiger partial charge in [-0.3, -0.25) is 4.79 Å². The van der Waals surface area contributed by atoms with Crippen LogP contribution < -0.4 is 10.6 Å². The molecule has 1 aromatic heterocycles. The molecule has 1 aliphatic carbocycles. The Hall–Kier alpha value is -1.65. The first kappa shape index (κ1) is 11.8. The van der Waals surface area contributed by atoms with Gasteiger partial charge in [0.2, 0.25) is 5.91 Å². The van der Waals surface area contributed by atoms with Gasteiger partial charge in [-0.1, -0.05) is 13.8 Å². The van der Waals surface area contributed by atoms with Crippen molar-refractivity contribution in [1.29, 1.82) is 0 Å². The smallest absolute Gasteiger partial charge is 0.225 e. The van der Waals surface area contributed by atoms with Crippen molar-refractivity contribution in [2.24, 2.45) is 5.92 Å². The van der Waals surface area contributed by atoms with Crippen molar-refractivity contribution < 1.29 is 4.79 Å². The number of carbonyl (C=O) groups excluding carboxylic acids is 1. The van der Waals surface area contributed by atoms with Gasteiger partial charge < -0.3 is 10.6 Å². The lowest BCUT2D eigenvalue weighted by molar-refractivity contribution is -0.116. The molecule has 92 valence electrons. The zero-order valence-electron chi connectivity index (χ0n) is 10.2. The Labute approximate surface area is 101 Å². The molecule has 5 nitrogen and oxygen atoms in total. The van der Waals surface area contributed by atoms with Gasteiger partial charge in [-0.2, -0.15) is 0 Å². The summed E-state index contributed by atoms with van der Waals surface area (Å²) in [6, 6.07) is 4.18. The van der Waals surface area contributed by atoms with E-state index in [1.807, 2.05) is 19.9 Å². The highest BCUT2D eigenvalue weighted by molar-refractivity contribution is 5.89. The molecule has 0 radical (unpaired) electrons. The van der Waals surface area contributed by atoms with E-state index in [0.717, 1.165) is 5.82 Å². The predicted octanol–water partition coefficient (Wildman–Crippen LogP) is 2.04. The van der Waals surface area contributed by atoms with Gasteiger partial charge in [0, 0.05) is 12.5 Å². The van der Waals surface area contributed by atoms with Crippen LogP contribution >= 0.6 is 0 Å². The first-order valence-corrected chi connectivity index (χ1v) is 6.03. The minimum absolute atomic E-state index is 0.0165. The van der Waals surface area contributed by atoms with E-state index >= 15 is 0 Å².